The number of ether oxygens (including phenoxy) is 1. The Bertz CT molecular complexity index is 230. The fraction of sp³-hybridized carbons (Fsp3) is 1.00. The van der Waals surface area contributed by atoms with Crippen molar-refractivity contribution in [2.24, 2.45) is 11.7 Å². The highest BCUT2D eigenvalue weighted by Crippen LogP contribution is 2.44. The van der Waals surface area contributed by atoms with Gasteiger partial charge in [0.25, 0.3) is 0 Å². The number of nitrogens with two attached hydrogens (primary N) is 1. The molecular weight excluding hydrogens is 212 g/mol. The van der Waals surface area contributed by atoms with E-state index in [2.05, 4.69) is 18.7 Å². The van der Waals surface area contributed by atoms with Crippen LogP contribution in [0.5, 0.6) is 0 Å². The Labute approximate surface area is 106 Å². The molecular formula is C14H28N2O. The molecule has 2 unspecified atom stereocenters. The first-order chi connectivity index (χ1) is 8.26. The van der Waals surface area contributed by atoms with E-state index >= 15 is 0 Å². The molecule has 1 aliphatic heterocycles. The highest BCUT2D eigenvalue weighted by molar-refractivity contribution is 5.03. The fourth-order valence-corrected chi connectivity index (χ4v) is 3.49. The Hall–Kier alpha value is -0.120. The molecule has 2 N–H and O–H groups in total. The molecule has 2 rings (SSSR count). The zero-order chi connectivity index (χ0) is 12.3. The standard InChI is InChI=1S/C14H28N2O/c1-3-14(11-15,12-7-8-12)16(4-2)10-13-6-5-9-17-13/h12-13H,3-11,15H2,1-2H3. The Morgan fingerprint density at radius 3 is 2.47 bits per heavy atom. The van der Waals surface area contributed by atoms with Crippen molar-refractivity contribution in [3.63, 3.8) is 0 Å². The van der Waals surface area contributed by atoms with Crippen molar-refractivity contribution in [1.82, 2.24) is 4.90 Å². The highest BCUT2D eigenvalue weighted by atomic mass is 16.5. The first-order valence-corrected chi connectivity index (χ1v) is 7.33. The van der Waals surface area contributed by atoms with Gasteiger partial charge in [0.2, 0.25) is 0 Å². The summed E-state index contributed by atoms with van der Waals surface area (Å²) in [5.74, 6) is 0.832. The molecule has 1 saturated heterocycles. The molecule has 1 saturated carbocycles. The molecule has 3 heteroatoms. The molecule has 1 heterocycles. The van der Waals surface area contributed by atoms with Crippen molar-refractivity contribution in [2.75, 3.05) is 26.2 Å². The molecule has 0 bridgehead atoms. The first-order valence-electron chi connectivity index (χ1n) is 7.33. The van der Waals surface area contributed by atoms with Crippen molar-refractivity contribution in [3.05, 3.63) is 0 Å². The lowest BCUT2D eigenvalue weighted by molar-refractivity contribution is 0.0116. The van der Waals surface area contributed by atoms with E-state index in [9.17, 15) is 0 Å². The Morgan fingerprint density at radius 2 is 2.06 bits per heavy atom. The number of hydrogen-bond acceptors (Lipinski definition) is 3. The summed E-state index contributed by atoms with van der Waals surface area (Å²) >= 11 is 0. The molecule has 0 aromatic carbocycles. The minimum absolute atomic E-state index is 0.251. The minimum Gasteiger partial charge on any atom is -0.377 e. The summed E-state index contributed by atoms with van der Waals surface area (Å²) < 4.78 is 5.79. The Morgan fingerprint density at radius 1 is 1.29 bits per heavy atom. The number of likely N-dealkylation sites (N-methyl/N-ethyl adjacent to an activating group) is 1. The predicted octanol–water partition coefficient (Wildman–Crippen LogP) is 2.00. The number of hydrogen-bond donors (Lipinski definition) is 1. The van der Waals surface area contributed by atoms with Gasteiger partial charge in [-0.05, 0) is 44.6 Å². The van der Waals surface area contributed by atoms with Crippen molar-refractivity contribution in [3.8, 4) is 0 Å². The summed E-state index contributed by atoms with van der Waals surface area (Å²) in [5.41, 5.74) is 6.38. The lowest BCUT2D eigenvalue weighted by Gasteiger charge is -2.44. The lowest BCUT2D eigenvalue weighted by Crippen LogP contribution is -2.57. The summed E-state index contributed by atoms with van der Waals surface area (Å²) in [6, 6.07) is 0. The van der Waals surface area contributed by atoms with E-state index in [1.165, 1.54) is 32.1 Å². The van der Waals surface area contributed by atoms with Crippen LogP contribution in [0.3, 0.4) is 0 Å². The van der Waals surface area contributed by atoms with Gasteiger partial charge in [0.15, 0.2) is 0 Å². The van der Waals surface area contributed by atoms with Crippen LogP contribution < -0.4 is 5.73 Å². The van der Waals surface area contributed by atoms with Crippen LogP contribution in [-0.2, 0) is 4.74 Å². The predicted molar refractivity (Wildman–Crippen MR) is 71.0 cm³/mol. The third-order valence-electron chi connectivity index (χ3n) is 4.76. The summed E-state index contributed by atoms with van der Waals surface area (Å²) in [5, 5.41) is 0. The van der Waals surface area contributed by atoms with Crippen molar-refractivity contribution in [1.29, 1.82) is 0 Å². The second-order valence-electron chi connectivity index (χ2n) is 5.61. The Balaban J connectivity index is 2.02. The van der Waals surface area contributed by atoms with Gasteiger partial charge in [-0.3, -0.25) is 4.90 Å². The van der Waals surface area contributed by atoms with Crippen LogP contribution in [0.15, 0.2) is 0 Å². The largest absolute Gasteiger partial charge is 0.377 e. The summed E-state index contributed by atoms with van der Waals surface area (Å²) in [6.07, 6.45) is 6.82. The maximum absolute atomic E-state index is 6.13. The SMILES string of the molecule is CCN(CC1CCCO1)C(CC)(CN)C1CC1. The molecule has 0 aromatic heterocycles. The zero-order valence-electron chi connectivity index (χ0n) is 11.5. The van der Waals surface area contributed by atoms with Gasteiger partial charge < -0.3 is 10.5 Å². The maximum atomic E-state index is 6.13. The summed E-state index contributed by atoms with van der Waals surface area (Å²) in [4.78, 5) is 2.61. The van der Waals surface area contributed by atoms with Crippen LogP contribution in [-0.4, -0.2) is 42.8 Å². The summed E-state index contributed by atoms with van der Waals surface area (Å²) in [6.45, 7) is 8.49. The van der Waals surface area contributed by atoms with E-state index in [0.29, 0.717) is 6.10 Å². The summed E-state index contributed by atoms with van der Waals surface area (Å²) in [7, 11) is 0. The van der Waals surface area contributed by atoms with Crippen LogP contribution in [0.1, 0.15) is 46.0 Å². The van der Waals surface area contributed by atoms with Crippen LogP contribution in [0, 0.1) is 5.92 Å². The van der Waals surface area contributed by atoms with E-state index in [-0.39, 0.29) is 5.54 Å². The molecule has 3 nitrogen and oxygen atoms in total. The molecule has 17 heavy (non-hydrogen) atoms. The Kier molecular flexibility index (Phi) is 4.45. The second-order valence-corrected chi connectivity index (χ2v) is 5.61. The molecule has 100 valence electrons. The van der Waals surface area contributed by atoms with Crippen LogP contribution in [0.4, 0.5) is 0 Å². The second kappa shape index (κ2) is 5.68. The van der Waals surface area contributed by atoms with E-state index in [1.807, 2.05) is 0 Å². The first kappa shape index (κ1) is 13.3. The van der Waals surface area contributed by atoms with Crippen molar-refractivity contribution in [2.45, 2.75) is 57.6 Å². The van der Waals surface area contributed by atoms with Crippen molar-refractivity contribution >= 4 is 0 Å². The van der Waals surface area contributed by atoms with Gasteiger partial charge in [0.05, 0.1) is 6.10 Å². The van der Waals surface area contributed by atoms with Gasteiger partial charge in [-0.15, -0.1) is 0 Å². The minimum atomic E-state index is 0.251. The molecule has 0 radical (unpaired) electrons. The van der Waals surface area contributed by atoms with E-state index in [1.54, 1.807) is 0 Å². The molecule has 0 spiro atoms. The van der Waals surface area contributed by atoms with Crippen LogP contribution >= 0.6 is 0 Å². The average Bonchev–Trinajstić information content (AvgIpc) is 3.08. The van der Waals surface area contributed by atoms with E-state index < -0.39 is 0 Å². The van der Waals surface area contributed by atoms with Gasteiger partial charge in [-0.25, -0.2) is 0 Å². The van der Waals surface area contributed by atoms with Gasteiger partial charge in [-0.2, -0.15) is 0 Å². The van der Waals surface area contributed by atoms with Crippen LogP contribution in [0.25, 0.3) is 0 Å². The fourth-order valence-electron chi connectivity index (χ4n) is 3.49. The normalized spacial score (nSPS) is 28.6. The highest BCUT2D eigenvalue weighted by Gasteiger charge is 2.47. The zero-order valence-corrected chi connectivity index (χ0v) is 11.5. The maximum Gasteiger partial charge on any atom is 0.0703 e. The van der Waals surface area contributed by atoms with Gasteiger partial charge >= 0.3 is 0 Å². The molecule has 0 amide bonds. The molecule has 2 fully saturated rings. The van der Waals surface area contributed by atoms with Gasteiger partial charge in [0.1, 0.15) is 0 Å². The molecule has 1 aliphatic carbocycles. The average molecular weight is 240 g/mol. The van der Waals surface area contributed by atoms with Crippen LogP contribution in [0.2, 0.25) is 0 Å². The quantitative estimate of drug-likeness (QED) is 0.740. The third-order valence-corrected chi connectivity index (χ3v) is 4.76. The van der Waals surface area contributed by atoms with E-state index in [0.717, 1.165) is 32.2 Å². The smallest absolute Gasteiger partial charge is 0.0703 e. The topological polar surface area (TPSA) is 38.5 Å². The molecule has 0 aromatic rings. The number of rotatable bonds is 7. The lowest BCUT2D eigenvalue weighted by atomic mass is 9.87. The van der Waals surface area contributed by atoms with E-state index in [4.69, 9.17) is 10.5 Å². The number of nitrogens with zero attached hydrogens (tertiary/aromatic N) is 1. The van der Waals surface area contributed by atoms with Crippen molar-refractivity contribution < 1.29 is 4.74 Å². The van der Waals surface area contributed by atoms with Gasteiger partial charge in [-0.1, -0.05) is 13.8 Å². The molecule has 2 aliphatic rings. The molecule has 2 atom stereocenters. The van der Waals surface area contributed by atoms with Gasteiger partial charge in [0, 0.05) is 25.2 Å². The monoisotopic (exact) mass is 240 g/mol. The third kappa shape index (κ3) is 2.67.